The topological polar surface area (TPSA) is 149 Å². The Balaban J connectivity index is 1.79. The van der Waals surface area contributed by atoms with Crippen molar-refractivity contribution in [1.29, 1.82) is 0 Å². The van der Waals surface area contributed by atoms with Crippen molar-refractivity contribution >= 4 is 27.7 Å². The van der Waals surface area contributed by atoms with Gasteiger partial charge in [0.2, 0.25) is 0 Å². The first-order chi connectivity index (χ1) is 16.7. The van der Waals surface area contributed by atoms with Crippen LogP contribution in [0.4, 0.5) is 0 Å². The highest BCUT2D eigenvalue weighted by atomic mass is 32.2. The second-order valence-electron chi connectivity index (χ2n) is 7.39. The average molecular weight is 497 g/mol. The van der Waals surface area contributed by atoms with Gasteiger partial charge < -0.3 is 15.8 Å². The molecule has 3 rings (SSSR count). The van der Waals surface area contributed by atoms with Gasteiger partial charge in [0.05, 0.1) is 10.5 Å². The molecule has 10 nitrogen and oxygen atoms in total. The number of benzene rings is 2. The van der Waals surface area contributed by atoms with Crippen molar-refractivity contribution in [1.82, 2.24) is 14.6 Å². The summed E-state index contributed by atoms with van der Waals surface area (Å²) in [5.41, 5.74) is 6.15. The fourth-order valence-electron chi connectivity index (χ4n) is 3.16. The first kappa shape index (κ1) is 25.5. The number of aromatic nitrogens is 1. The van der Waals surface area contributed by atoms with Crippen LogP contribution in [0.2, 0.25) is 0 Å². The van der Waals surface area contributed by atoms with Crippen molar-refractivity contribution in [2.75, 3.05) is 20.4 Å². The van der Waals surface area contributed by atoms with Crippen molar-refractivity contribution < 1.29 is 27.5 Å². The van der Waals surface area contributed by atoms with E-state index in [1.807, 2.05) is 30.3 Å². The molecule has 3 aromatic rings. The number of nitrogens with one attached hydrogen (secondary N) is 1. The Labute approximate surface area is 202 Å². The fraction of sp³-hybridized carbons (Fsp3) is 0.167. The number of ether oxygens (including phenoxy) is 1. The van der Waals surface area contributed by atoms with Crippen LogP contribution in [0, 0.1) is 0 Å². The zero-order valence-corrected chi connectivity index (χ0v) is 19.7. The number of nitrogens with two attached hydrogens (primary N) is 1. The third kappa shape index (κ3) is 6.28. The second kappa shape index (κ2) is 11.4. The van der Waals surface area contributed by atoms with Crippen molar-refractivity contribution in [2.45, 2.75) is 11.3 Å². The predicted molar refractivity (Wildman–Crippen MR) is 127 cm³/mol. The fourth-order valence-corrected chi connectivity index (χ4v) is 4.51. The molecule has 11 heteroatoms. The molecule has 0 spiro atoms. The van der Waals surface area contributed by atoms with Crippen LogP contribution in [0.15, 0.2) is 77.8 Å². The maximum absolute atomic E-state index is 13.3. The molecule has 1 aromatic heterocycles. The summed E-state index contributed by atoms with van der Waals surface area (Å²) in [5, 5.41) is 2.76. The van der Waals surface area contributed by atoms with Crippen LogP contribution in [-0.4, -0.2) is 55.8 Å². The number of pyridine rings is 1. The quantitative estimate of drug-likeness (QED) is 0.405. The molecular formula is C24H24N4O6S. The number of carbonyl (C=O) groups excluding carboxylic acids is 3. The van der Waals surface area contributed by atoms with E-state index in [2.05, 4.69) is 10.3 Å². The van der Waals surface area contributed by atoms with Gasteiger partial charge >= 0.3 is 0 Å². The minimum atomic E-state index is -4.40. The van der Waals surface area contributed by atoms with E-state index in [4.69, 9.17) is 10.5 Å². The summed E-state index contributed by atoms with van der Waals surface area (Å²) in [5.74, 6) is -2.16. The van der Waals surface area contributed by atoms with Gasteiger partial charge in [-0.1, -0.05) is 36.4 Å². The van der Waals surface area contributed by atoms with Gasteiger partial charge in [-0.2, -0.15) is 0 Å². The standard InChI is InChI=1S/C24H24N4O6S/c1-34-16-28(24(31)19-10-11-21(22(25)29)27-15-19)35(32,33)20-9-5-8-18(14-20)23(30)26-13-12-17-6-3-2-4-7-17/h2-11,14-15H,12-13,16H2,1H3,(H2,25,29)(H,26,30). The average Bonchev–Trinajstić information content (AvgIpc) is 2.87. The summed E-state index contributed by atoms with van der Waals surface area (Å²) in [6.45, 7) is -0.214. The minimum Gasteiger partial charge on any atom is -0.364 e. The molecule has 3 amide bonds. The number of carbonyl (C=O) groups is 3. The molecule has 1 heterocycles. The van der Waals surface area contributed by atoms with Crippen LogP contribution in [0.1, 0.15) is 36.8 Å². The second-order valence-corrected chi connectivity index (χ2v) is 9.25. The first-order valence-electron chi connectivity index (χ1n) is 10.5. The molecule has 35 heavy (non-hydrogen) atoms. The van der Waals surface area contributed by atoms with E-state index < -0.39 is 34.5 Å². The predicted octanol–water partition coefficient (Wildman–Crippen LogP) is 1.59. The lowest BCUT2D eigenvalue weighted by molar-refractivity contribution is 0.0663. The monoisotopic (exact) mass is 496 g/mol. The third-order valence-corrected chi connectivity index (χ3v) is 6.66. The van der Waals surface area contributed by atoms with Gasteiger partial charge in [0.25, 0.3) is 27.7 Å². The summed E-state index contributed by atoms with van der Waals surface area (Å²) in [6.07, 6.45) is 1.67. The van der Waals surface area contributed by atoms with Crippen LogP contribution in [0.3, 0.4) is 0 Å². The maximum Gasteiger partial charge on any atom is 0.271 e. The van der Waals surface area contributed by atoms with E-state index >= 15 is 0 Å². The van der Waals surface area contributed by atoms with E-state index in [0.717, 1.165) is 11.8 Å². The highest BCUT2D eigenvalue weighted by Crippen LogP contribution is 2.20. The van der Waals surface area contributed by atoms with Crippen LogP contribution < -0.4 is 11.1 Å². The molecule has 0 fully saturated rings. The SMILES string of the molecule is COCN(C(=O)c1ccc(C(N)=O)nc1)S(=O)(=O)c1cccc(C(=O)NCCc2ccccc2)c1. The zero-order valence-electron chi connectivity index (χ0n) is 18.9. The Morgan fingerprint density at radius 1 is 1.00 bits per heavy atom. The Morgan fingerprint density at radius 3 is 2.37 bits per heavy atom. The molecule has 0 unspecified atom stereocenters. The Hall–Kier alpha value is -4.09. The van der Waals surface area contributed by atoms with E-state index in [9.17, 15) is 22.8 Å². The lowest BCUT2D eigenvalue weighted by Crippen LogP contribution is -2.38. The normalized spacial score (nSPS) is 11.0. The number of sulfonamides is 1. The van der Waals surface area contributed by atoms with Gasteiger partial charge in [-0.15, -0.1) is 0 Å². The zero-order chi connectivity index (χ0) is 25.4. The molecule has 0 saturated heterocycles. The molecule has 0 aliphatic rings. The Kier molecular flexibility index (Phi) is 8.29. The summed E-state index contributed by atoms with van der Waals surface area (Å²) in [4.78, 5) is 40.3. The summed E-state index contributed by atoms with van der Waals surface area (Å²) in [7, 11) is -3.16. The summed E-state index contributed by atoms with van der Waals surface area (Å²) >= 11 is 0. The van der Waals surface area contributed by atoms with Crippen LogP contribution in [-0.2, 0) is 21.2 Å². The van der Waals surface area contributed by atoms with Crippen molar-refractivity contribution in [3.8, 4) is 0 Å². The smallest absolute Gasteiger partial charge is 0.271 e. The highest BCUT2D eigenvalue weighted by Gasteiger charge is 2.31. The summed E-state index contributed by atoms with van der Waals surface area (Å²) < 4.78 is 32.0. The van der Waals surface area contributed by atoms with Crippen LogP contribution in [0.25, 0.3) is 0 Å². The van der Waals surface area contributed by atoms with Gasteiger partial charge in [0, 0.05) is 25.4 Å². The number of hydrogen-bond donors (Lipinski definition) is 2. The molecule has 0 bridgehead atoms. The molecule has 0 aliphatic carbocycles. The number of rotatable bonds is 10. The lowest BCUT2D eigenvalue weighted by atomic mass is 10.1. The molecule has 0 aliphatic heterocycles. The lowest BCUT2D eigenvalue weighted by Gasteiger charge is -2.22. The van der Waals surface area contributed by atoms with Gasteiger partial charge in [0.1, 0.15) is 12.4 Å². The van der Waals surface area contributed by atoms with E-state index in [1.165, 1.54) is 43.5 Å². The highest BCUT2D eigenvalue weighted by molar-refractivity contribution is 7.89. The van der Waals surface area contributed by atoms with Gasteiger partial charge in [-0.3, -0.25) is 19.4 Å². The first-order valence-corrected chi connectivity index (χ1v) is 11.9. The third-order valence-electron chi connectivity index (χ3n) is 4.96. The number of methoxy groups -OCH3 is 1. The van der Waals surface area contributed by atoms with Gasteiger partial charge in [-0.05, 0) is 42.3 Å². The van der Waals surface area contributed by atoms with E-state index in [0.29, 0.717) is 17.3 Å². The van der Waals surface area contributed by atoms with Crippen LogP contribution >= 0.6 is 0 Å². The molecular weight excluding hydrogens is 472 g/mol. The maximum atomic E-state index is 13.3. The van der Waals surface area contributed by atoms with E-state index in [1.54, 1.807) is 0 Å². The molecule has 3 N–H and O–H groups in total. The minimum absolute atomic E-state index is 0.0753. The van der Waals surface area contributed by atoms with E-state index in [-0.39, 0.29) is 21.7 Å². The summed E-state index contributed by atoms with van der Waals surface area (Å²) in [6, 6.07) is 17.4. The van der Waals surface area contributed by atoms with Crippen molar-refractivity contribution in [3.05, 3.63) is 95.3 Å². The largest absolute Gasteiger partial charge is 0.364 e. The Bertz CT molecular complexity index is 1310. The number of nitrogens with zero attached hydrogens (tertiary/aromatic N) is 2. The molecule has 182 valence electrons. The molecule has 0 radical (unpaired) electrons. The van der Waals surface area contributed by atoms with Crippen molar-refractivity contribution in [2.24, 2.45) is 5.73 Å². The van der Waals surface area contributed by atoms with Gasteiger partial charge in [-0.25, -0.2) is 12.7 Å². The molecule has 2 aromatic carbocycles. The number of primary amides is 1. The number of amides is 3. The Morgan fingerprint density at radius 2 is 1.74 bits per heavy atom. The molecule has 0 saturated carbocycles. The van der Waals surface area contributed by atoms with Crippen molar-refractivity contribution in [3.63, 3.8) is 0 Å². The number of hydrogen-bond acceptors (Lipinski definition) is 7. The molecule has 0 atom stereocenters. The van der Waals surface area contributed by atoms with Gasteiger partial charge in [0.15, 0.2) is 0 Å². The van der Waals surface area contributed by atoms with Crippen LogP contribution in [0.5, 0.6) is 0 Å².